The van der Waals surface area contributed by atoms with E-state index in [0.717, 1.165) is 18.4 Å². The molecular weight excluding hydrogens is 345 g/mol. The minimum Gasteiger partial charge on any atom is -0.324 e. The molecule has 1 aliphatic carbocycles. The first-order chi connectivity index (χ1) is 9.27. The zero-order valence-electron chi connectivity index (χ0n) is 11.4. The molecule has 0 saturated heterocycles. The van der Waals surface area contributed by atoms with E-state index in [0.29, 0.717) is 17.3 Å². The van der Waals surface area contributed by atoms with Crippen LogP contribution >= 0.6 is 15.9 Å². The summed E-state index contributed by atoms with van der Waals surface area (Å²) < 4.78 is 37.5. The van der Waals surface area contributed by atoms with Crippen molar-refractivity contribution in [1.82, 2.24) is 0 Å². The van der Waals surface area contributed by atoms with Gasteiger partial charge in [0.25, 0.3) is 0 Å². The van der Waals surface area contributed by atoms with Crippen LogP contribution in [0.2, 0.25) is 0 Å². The Morgan fingerprint density at radius 1 is 1.35 bits per heavy atom. The highest BCUT2D eigenvalue weighted by Gasteiger charge is 2.32. The number of hydrogen-bond acceptors (Lipinski definition) is 3. The van der Waals surface area contributed by atoms with Gasteiger partial charge in [-0.1, -0.05) is 22.4 Å². The van der Waals surface area contributed by atoms with Gasteiger partial charge in [0.15, 0.2) is 0 Å². The maximum absolute atomic E-state index is 13.4. The summed E-state index contributed by atoms with van der Waals surface area (Å²) in [5.74, 6) is -0.252. The highest BCUT2D eigenvalue weighted by molar-refractivity contribution is 9.10. The van der Waals surface area contributed by atoms with Crippen LogP contribution in [0.4, 0.5) is 4.39 Å². The number of nitrogens with two attached hydrogens (primary N) is 1. The number of halogens is 2. The molecule has 3 nitrogen and oxygen atoms in total. The van der Waals surface area contributed by atoms with E-state index in [1.165, 1.54) is 18.4 Å². The average molecular weight is 364 g/mol. The molecule has 2 rings (SSSR count). The third-order valence-corrected chi connectivity index (χ3v) is 6.15. The van der Waals surface area contributed by atoms with Crippen molar-refractivity contribution in [3.63, 3.8) is 0 Å². The molecule has 0 spiro atoms. The Hall–Kier alpha value is -0.460. The first kappa shape index (κ1) is 15.9. The van der Waals surface area contributed by atoms with Gasteiger partial charge in [-0.05, 0) is 48.9 Å². The molecule has 0 amide bonds. The molecule has 1 aromatic carbocycles. The molecule has 6 heteroatoms. The van der Waals surface area contributed by atoms with Crippen molar-refractivity contribution in [1.29, 1.82) is 0 Å². The van der Waals surface area contributed by atoms with Crippen molar-refractivity contribution >= 4 is 25.8 Å². The Morgan fingerprint density at radius 3 is 2.65 bits per heavy atom. The van der Waals surface area contributed by atoms with Gasteiger partial charge in [0.05, 0.1) is 5.25 Å². The van der Waals surface area contributed by atoms with Crippen LogP contribution in [0.25, 0.3) is 0 Å². The summed E-state index contributed by atoms with van der Waals surface area (Å²) in [5, 5.41) is -0.315. The van der Waals surface area contributed by atoms with Crippen LogP contribution in [-0.4, -0.2) is 19.9 Å². The van der Waals surface area contributed by atoms with E-state index < -0.39 is 9.84 Å². The molecule has 1 fully saturated rings. The molecule has 1 aromatic rings. The zero-order valence-corrected chi connectivity index (χ0v) is 13.8. The first-order valence-electron chi connectivity index (χ1n) is 6.68. The van der Waals surface area contributed by atoms with Crippen molar-refractivity contribution < 1.29 is 12.8 Å². The zero-order chi connectivity index (χ0) is 14.9. The summed E-state index contributed by atoms with van der Waals surface area (Å²) in [7, 11) is -3.03. The van der Waals surface area contributed by atoms with Gasteiger partial charge >= 0.3 is 0 Å². The number of rotatable bonds is 3. The van der Waals surface area contributed by atoms with E-state index >= 15 is 0 Å². The molecule has 2 N–H and O–H groups in total. The van der Waals surface area contributed by atoms with E-state index in [1.54, 1.807) is 6.07 Å². The normalized spacial score (nSPS) is 25.4. The lowest BCUT2D eigenvalue weighted by atomic mass is 9.81. The maximum Gasteiger partial charge on any atom is 0.150 e. The minimum absolute atomic E-state index is 0.0807. The van der Waals surface area contributed by atoms with Crippen LogP contribution in [0.15, 0.2) is 22.7 Å². The molecular formula is C14H19BrFNO2S. The minimum atomic E-state index is -3.03. The smallest absolute Gasteiger partial charge is 0.150 e. The van der Waals surface area contributed by atoms with Gasteiger partial charge < -0.3 is 5.73 Å². The van der Waals surface area contributed by atoms with E-state index in [4.69, 9.17) is 5.73 Å². The van der Waals surface area contributed by atoms with Crippen LogP contribution in [-0.2, 0) is 9.84 Å². The third kappa shape index (κ3) is 3.80. The summed E-state index contributed by atoms with van der Waals surface area (Å²) in [6, 6.07) is 4.29. The molecule has 112 valence electrons. The fraction of sp³-hybridized carbons (Fsp3) is 0.571. The average Bonchev–Trinajstić information content (AvgIpc) is 2.36. The van der Waals surface area contributed by atoms with Crippen molar-refractivity contribution in [3.8, 4) is 0 Å². The van der Waals surface area contributed by atoms with Crippen LogP contribution in [0.3, 0.4) is 0 Å². The molecule has 3 unspecified atom stereocenters. The summed E-state index contributed by atoms with van der Waals surface area (Å²) in [6.45, 7) is 0. The van der Waals surface area contributed by atoms with Gasteiger partial charge in [0, 0.05) is 16.8 Å². The van der Waals surface area contributed by atoms with Crippen LogP contribution in [0.5, 0.6) is 0 Å². The second-order valence-corrected chi connectivity index (χ2v) is 8.85. The van der Waals surface area contributed by atoms with Gasteiger partial charge in [0.2, 0.25) is 0 Å². The lowest BCUT2D eigenvalue weighted by Gasteiger charge is -2.32. The van der Waals surface area contributed by atoms with Crippen LogP contribution in [0, 0.1) is 11.7 Å². The number of benzene rings is 1. The first-order valence-corrected chi connectivity index (χ1v) is 9.42. The second kappa shape index (κ2) is 6.12. The van der Waals surface area contributed by atoms with E-state index in [1.807, 2.05) is 0 Å². The topological polar surface area (TPSA) is 60.2 Å². The Labute approximate surface area is 127 Å². The van der Waals surface area contributed by atoms with Gasteiger partial charge in [-0.15, -0.1) is 0 Å². The lowest BCUT2D eigenvalue weighted by molar-refractivity contribution is 0.308. The van der Waals surface area contributed by atoms with Crippen molar-refractivity contribution in [2.75, 3.05) is 6.26 Å². The van der Waals surface area contributed by atoms with Gasteiger partial charge in [-0.3, -0.25) is 0 Å². The fourth-order valence-electron chi connectivity index (χ4n) is 2.94. The van der Waals surface area contributed by atoms with Crippen molar-refractivity contribution in [2.24, 2.45) is 11.7 Å². The molecule has 0 bridgehead atoms. The molecule has 1 saturated carbocycles. The SMILES string of the molecule is CS(=O)(=O)C1CCCC(C(N)c2cc(F)cc(Br)c2)C1. The predicted molar refractivity (Wildman–Crippen MR) is 81.6 cm³/mol. The van der Waals surface area contributed by atoms with Crippen LogP contribution < -0.4 is 5.73 Å². The van der Waals surface area contributed by atoms with Gasteiger partial charge in [-0.2, -0.15) is 0 Å². The summed E-state index contributed by atoms with van der Waals surface area (Å²) in [4.78, 5) is 0. The number of sulfone groups is 1. The van der Waals surface area contributed by atoms with E-state index in [2.05, 4.69) is 15.9 Å². The lowest BCUT2D eigenvalue weighted by Crippen LogP contribution is -2.33. The molecule has 0 aliphatic heterocycles. The second-order valence-electron chi connectivity index (χ2n) is 5.61. The fourth-order valence-corrected chi connectivity index (χ4v) is 4.61. The highest BCUT2D eigenvalue weighted by Crippen LogP contribution is 2.36. The molecule has 20 heavy (non-hydrogen) atoms. The van der Waals surface area contributed by atoms with E-state index in [-0.39, 0.29) is 23.0 Å². The van der Waals surface area contributed by atoms with Crippen molar-refractivity contribution in [3.05, 3.63) is 34.1 Å². The standard InChI is InChI=1S/C14H19BrFNO2S/c1-20(18,19)13-4-2-3-9(7-13)14(17)10-5-11(15)8-12(16)6-10/h5-6,8-9,13-14H,2-4,7,17H2,1H3. The largest absolute Gasteiger partial charge is 0.324 e. The Bertz CT molecular complexity index is 571. The molecule has 0 aromatic heterocycles. The molecule has 1 aliphatic rings. The maximum atomic E-state index is 13.4. The predicted octanol–water partition coefficient (Wildman–Crippen LogP) is 3.19. The number of hydrogen-bond donors (Lipinski definition) is 1. The Balaban J connectivity index is 2.18. The summed E-state index contributed by atoms with van der Waals surface area (Å²) in [5.41, 5.74) is 6.95. The quantitative estimate of drug-likeness (QED) is 0.896. The Kier molecular flexibility index (Phi) is 4.87. The summed E-state index contributed by atoms with van der Waals surface area (Å²) >= 11 is 3.26. The Morgan fingerprint density at radius 2 is 2.05 bits per heavy atom. The molecule has 0 radical (unpaired) electrons. The molecule has 3 atom stereocenters. The van der Waals surface area contributed by atoms with Gasteiger partial charge in [0.1, 0.15) is 15.7 Å². The third-order valence-electron chi connectivity index (χ3n) is 4.05. The van der Waals surface area contributed by atoms with Gasteiger partial charge in [-0.25, -0.2) is 12.8 Å². The highest BCUT2D eigenvalue weighted by atomic mass is 79.9. The van der Waals surface area contributed by atoms with Crippen LogP contribution in [0.1, 0.15) is 37.3 Å². The van der Waals surface area contributed by atoms with Crippen molar-refractivity contribution in [2.45, 2.75) is 37.0 Å². The summed E-state index contributed by atoms with van der Waals surface area (Å²) in [6.07, 6.45) is 4.29. The molecule has 0 heterocycles. The monoisotopic (exact) mass is 363 g/mol. The van der Waals surface area contributed by atoms with E-state index in [9.17, 15) is 12.8 Å².